The van der Waals surface area contributed by atoms with E-state index in [4.69, 9.17) is 16.3 Å². The van der Waals surface area contributed by atoms with Crippen LogP contribution in [0.2, 0.25) is 5.02 Å². The van der Waals surface area contributed by atoms with Gasteiger partial charge in [0, 0.05) is 5.56 Å². The van der Waals surface area contributed by atoms with Gasteiger partial charge < -0.3 is 10.1 Å². The molecule has 3 amide bonds. The standard InChI is InChI=1S/C19H14ClFN2O4S/c1-27-15-8-3-2-7-14(15)22-17(24)10-23-18(25)16(28-19(23)26)9-11-12(20)5-4-6-13(11)21/h2-9H,10H2,1H3,(H,22,24)/b16-9-. The highest BCUT2D eigenvalue weighted by atomic mass is 35.5. The molecule has 1 N–H and O–H groups in total. The molecule has 144 valence electrons. The number of methoxy groups -OCH3 is 1. The minimum absolute atomic E-state index is 0.00754. The lowest BCUT2D eigenvalue weighted by Gasteiger charge is -2.14. The second-order valence-corrected chi connectivity index (χ2v) is 7.05. The number of amides is 3. The average Bonchev–Trinajstić information content (AvgIpc) is 2.92. The summed E-state index contributed by atoms with van der Waals surface area (Å²) in [7, 11) is 1.46. The highest BCUT2D eigenvalue weighted by Gasteiger charge is 2.36. The van der Waals surface area contributed by atoms with Gasteiger partial charge in [0.15, 0.2) is 0 Å². The number of hydrogen-bond donors (Lipinski definition) is 1. The van der Waals surface area contributed by atoms with Gasteiger partial charge in [-0.15, -0.1) is 0 Å². The van der Waals surface area contributed by atoms with Gasteiger partial charge >= 0.3 is 0 Å². The molecule has 0 unspecified atom stereocenters. The Morgan fingerprint density at radius 3 is 2.71 bits per heavy atom. The SMILES string of the molecule is COc1ccccc1NC(=O)CN1C(=O)S/C(=C\c2c(F)cccc2Cl)C1=O. The Kier molecular flexibility index (Phi) is 6.01. The second-order valence-electron chi connectivity index (χ2n) is 5.65. The van der Waals surface area contributed by atoms with Crippen LogP contribution in [-0.4, -0.2) is 35.6 Å². The third-order valence-electron chi connectivity index (χ3n) is 3.83. The van der Waals surface area contributed by atoms with E-state index in [1.165, 1.54) is 31.4 Å². The van der Waals surface area contributed by atoms with Crippen molar-refractivity contribution >= 4 is 52.2 Å². The fourth-order valence-corrected chi connectivity index (χ4v) is 3.53. The van der Waals surface area contributed by atoms with Crippen LogP contribution in [0.5, 0.6) is 5.75 Å². The molecule has 0 bridgehead atoms. The molecule has 28 heavy (non-hydrogen) atoms. The molecule has 0 radical (unpaired) electrons. The van der Waals surface area contributed by atoms with E-state index in [1.807, 2.05) is 0 Å². The molecule has 2 aromatic carbocycles. The number of nitrogens with one attached hydrogen (secondary N) is 1. The van der Waals surface area contributed by atoms with Gasteiger partial charge in [0.25, 0.3) is 11.1 Å². The number of carbonyl (C=O) groups is 3. The zero-order valence-electron chi connectivity index (χ0n) is 14.6. The van der Waals surface area contributed by atoms with Gasteiger partial charge in [0.2, 0.25) is 5.91 Å². The molecular weight excluding hydrogens is 407 g/mol. The zero-order chi connectivity index (χ0) is 20.3. The number of carbonyl (C=O) groups excluding carboxylic acids is 3. The summed E-state index contributed by atoms with van der Waals surface area (Å²) in [6.07, 6.45) is 1.21. The van der Waals surface area contributed by atoms with Crippen LogP contribution in [0.25, 0.3) is 6.08 Å². The number of anilines is 1. The first-order valence-electron chi connectivity index (χ1n) is 8.03. The van der Waals surface area contributed by atoms with Crippen LogP contribution in [0.3, 0.4) is 0 Å². The highest BCUT2D eigenvalue weighted by molar-refractivity contribution is 8.18. The van der Waals surface area contributed by atoms with Crippen molar-refractivity contribution in [2.45, 2.75) is 0 Å². The number of thioether (sulfide) groups is 1. The van der Waals surface area contributed by atoms with Crippen molar-refractivity contribution in [1.82, 2.24) is 4.90 Å². The molecule has 0 saturated carbocycles. The van der Waals surface area contributed by atoms with E-state index < -0.39 is 29.4 Å². The monoisotopic (exact) mass is 420 g/mol. The Labute approximate surface area is 169 Å². The Morgan fingerprint density at radius 2 is 2.00 bits per heavy atom. The molecule has 0 atom stereocenters. The number of nitrogens with zero attached hydrogens (tertiary/aromatic N) is 1. The van der Waals surface area contributed by atoms with Crippen molar-refractivity contribution in [1.29, 1.82) is 0 Å². The molecule has 3 rings (SSSR count). The van der Waals surface area contributed by atoms with Crippen LogP contribution < -0.4 is 10.1 Å². The molecule has 0 aromatic heterocycles. The second kappa shape index (κ2) is 8.45. The Balaban J connectivity index is 1.75. The summed E-state index contributed by atoms with van der Waals surface area (Å²) >= 11 is 6.57. The normalized spacial score (nSPS) is 15.2. The van der Waals surface area contributed by atoms with E-state index in [0.717, 1.165) is 4.90 Å². The summed E-state index contributed by atoms with van der Waals surface area (Å²) < 4.78 is 19.1. The lowest BCUT2D eigenvalue weighted by atomic mass is 10.2. The third kappa shape index (κ3) is 4.18. The van der Waals surface area contributed by atoms with Crippen LogP contribution in [0, 0.1) is 5.82 Å². The van der Waals surface area contributed by atoms with Gasteiger partial charge in [-0.3, -0.25) is 19.3 Å². The zero-order valence-corrected chi connectivity index (χ0v) is 16.1. The number of halogens is 2. The predicted molar refractivity (Wildman–Crippen MR) is 106 cm³/mol. The summed E-state index contributed by atoms with van der Waals surface area (Å²) in [4.78, 5) is 37.7. The van der Waals surface area contributed by atoms with Crippen LogP contribution in [0.1, 0.15) is 5.56 Å². The topological polar surface area (TPSA) is 75.7 Å². The minimum atomic E-state index is -0.690. The van der Waals surface area contributed by atoms with Gasteiger partial charge in [-0.2, -0.15) is 0 Å². The number of rotatable bonds is 5. The molecule has 9 heteroatoms. The number of hydrogen-bond acceptors (Lipinski definition) is 5. The highest BCUT2D eigenvalue weighted by Crippen LogP contribution is 2.34. The fourth-order valence-electron chi connectivity index (χ4n) is 2.50. The molecule has 1 saturated heterocycles. The molecule has 1 fully saturated rings. The van der Waals surface area contributed by atoms with Gasteiger partial charge in [0.05, 0.1) is 22.7 Å². The van der Waals surface area contributed by atoms with Crippen LogP contribution in [-0.2, 0) is 9.59 Å². The fraction of sp³-hybridized carbons (Fsp3) is 0.105. The average molecular weight is 421 g/mol. The Morgan fingerprint density at radius 1 is 1.25 bits per heavy atom. The molecular formula is C19H14ClFN2O4S. The first-order valence-corrected chi connectivity index (χ1v) is 9.22. The molecule has 0 aliphatic carbocycles. The van der Waals surface area contributed by atoms with Crippen molar-refractivity contribution < 1.29 is 23.5 Å². The first-order chi connectivity index (χ1) is 13.4. The molecule has 1 aliphatic rings. The summed E-state index contributed by atoms with van der Waals surface area (Å²) in [5, 5.41) is 2.08. The van der Waals surface area contributed by atoms with Crippen molar-refractivity contribution in [3.63, 3.8) is 0 Å². The van der Waals surface area contributed by atoms with Crippen LogP contribution in [0.4, 0.5) is 14.9 Å². The lowest BCUT2D eigenvalue weighted by molar-refractivity contribution is -0.127. The van der Waals surface area contributed by atoms with E-state index in [9.17, 15) is 18.8 Å². The van der Waals surface area contributed by atoms with Gasteiger partial charge in [-0.05, 0) is 42.1 Å². The van der Waals surface area contributed by atoms with E-state index in [0.29, 0.717) is 23.2 Å². The quantitative estimate of drug-likeness (QED) is 0.735. The third-order valence-corrected chi connectivity index (χ3v) is 5.07. The summed E-state index contributed by atoms with van der Waals surface area (Å²) in [5.41, 5.74) is 0.420. The number of ether oxygens (including phenoxy) is 1. The molecule has 2 aromatic rings. The summed E-state index contributed by atoms with van der Waals surface area (Å²) in [6.45, 7) is -0.481. The van der Waals surface area contributed by atoms with Crippen molar-refractivity contribution in [3.05, 3.63) is 63.8 Å². The Bertz CT molecular complexity index is 975. The Hall–Kier alpha value is -2.84. The predicted octanol–water partition coefficient (Wildman–Crippen LogP) is 4.16. The van der Waals surface area contributed by atoms with E-state index in [1.54, 1.807) is 24.3 Å². The number of benzene rings is 2. The number of imide groups is 1. The van der Waals surface area contributed by atoms with Gasteiger partial charge in [0.1, 0.15) is 18.1 Å². The smallest absolute Gasteiger partial charge is 0.294 e. The number of para-hydroxylation sites is 2. The lowest BCUT2D eigenvalue weighted by Crippen LogP contribution is -2.36. The molecule has 6 nitrogen and oxygen atoms in total. The molecule has 0 spiro atoms. The minimum Gasteiger partial charge on any atom is -0.495 e. The van der Waals surface area contributed by atoms with Crippen molar-refractivity contribution in [3.8, 4) is 5.75 Å². The van der Waals surface area contributed by atoms with Crippen LogP contribution in [0.15, 0.2) is 47.4 Å². The first kappa shape index (κ1) is 19.9. The summed E-state index contributed by atoms with van der Waals surface area (Å²) in [6, 6.07) is 10.8. The van der Waals surface area contributed by atoms with Gasteiger partial charge in [-0.1, -0.05) is 29.8 Å². The summed E-state index contributed by atoms with van der Waals surface area (Å²) in [5.74, 6) is -1.44. The molecule has 1 aliphatic heterocycles. The largest absolute Gasteiger partial charge is 0.495 e. The maximum atomic E-state index is 13.9. The van der Waals surface area contributed by atoms with Crippen molar-refractivity contribution in [2.75, 3.05) is 19.0 Å². The molecule has 1 heterocycles. The maximum absolute atomic E-state index is 13.9. The van der Waals surface area contributed by atoms with Gasteiger partial charge in [-0.25, -0.2) is 4.39 Å². The van der Waals surface area contributed by atoms with E-state index in [-0.39, 0.29) is 15.5 Å². The van der Waals surface area contributed by atoms with Crippen molar-refractivity contribution in [2.24, 2.45) is 0 Å². The van der Waals surface area contributed by atoms with Crippen LogP contribution >= 0.6 is 23.4 Å². The van der Waals surface area contributed by atoms with E-state index in [2.05, 4.69) is 5.32 Å². The maximum Gasteiger partial charge on any atom is 0.294 e. The van der Waals surface area contributed by atoms with E-state index >= 15 is 0 Å².